The van der Waals surface area contributed by atoms with E-state index in [1.807, 2.05) is 20.8 Å². The van der Waals surface area contributed by atoms with Crippen molar-refractivity contribution in [2.75, 3.05) is 19.8 Å². The number of allylic oxidation sites excluding steroid dienone is 1. The maximum atomic E-state index is 12.4. The molecule has 0 aromatic rings. The molecule has 0 aromatic carbocycles. The van der Waals surface area contributed by atoms with Gasteiger partial charge in [0.1, 0.15) is 12.2 Å². The highest BCUT2D eigenvalue weighted by Crippen LogP contribution is 2.71. The van der Waals surface area contributed by atoms with E-state index in [9.17, 15) is 9.59 Å². The molecule has 0 N–H and O–H groups in total. The first kappa shape index (κ1) is 23.3. The number of hydrogen-bond donors (Lipinski definition) is 0. The first-order valence-electron chi connectivity index (χ1n) is 11.2. The van der Waals surface area contributed by atoms with E-state index >= 15 is 0 Å². The van der Waals surface area contributed by atoms with Crippen LogP contribution in [0.25, 0.3) is 0 Å². The van der Waals surface area contributed by atoms with E-state index in [4.69, 9.17) is 14.2 Å². The molecule has 3 fully saturated rings. The lowest BCUT2D eigenvalue weighted by Gasteiger charge is -2.57. The van der Waals surface area contributed by atoms with E-state index in [2.05, 4.69) is 24.7 Å². The Labute approximate surface area is 180 Å². The topological polar surface area (TPSA) is 74.4 Å². The van der Waals surface area contributed by atoms with Crippen LogP contribution in [0.2, 0.25) is 0 Å². The van der Waals surface area contributed by atoms with E-state index in [1.165, 1.54) is 12.5 Å². The zero-order valence-electron chi connectivity index (χ0n) is 19.6. The number of carbonyl (C=O) groups is 2. The Kier molecular flexibility index (Phi) is 6.16. The van der Waals surface area contributed by atoms with E-state index in [0.29, 0.717) is 13.2 Å². The van der Waals surface area contributed by atoms with Crippen molar-refractivity contribution < 1.29 is 28.5 Å². The van der Waals surface area contributed by atoms with Crippen molar-refractivity contribution in [2.45, 2.75) is 92.0 Å². The molecule has 4 rings (SSSR count). The van der Waals surface area contributed by atoms with Gasteiger partial charge in [-0.05, 0) is 60.3 Å². The SMILES string of the molecule is CC1=C[C@H]2OC3CCC(C)(C34CO4)[C@@]2(COC(=O)C(C)(C)C)CC1.CCOC(C)=O. The van der Waals surface area contributed by atoms with Crippen molar-refractivity contribution in [1.82, 2.24) is 0 Å². The van der Waals surface area contributed by atoms with Crippen LogP contribution in [-0.2, 0) is 28.5 Å². The normalized spacial score (nSPS) is 38.7. The largest absolute Gasteiger partial charge is 0.466 e. The quantitative estimate of drug-likeness (QED) is 0.385. The monoisotopic (exact) mass is 422 g/mol. The van der Waals surface area contributed by atoms with Crippen LogP contribution in [0.4, 0.5) is 0 Å². The molecule has 0 radical (unpaired) electrons. The standard InChI is InChI=1S/C20H30O4.C4H8O2/c1-13-6-9-19(11-22-16(21)17(2,3)4)15(10-13)24-14-7-8-18(19,5)20(14)12-23-20;1-3-6-4(2)5/h10,14-15H,6-9,11-12H2,1-5H3;3H2,1-2H3/t14?,15-,18?,19-,20?;/m1./s1. The molecule has 2 saturated heterocycles. The third-order valence-corrected chi connectivity index (χ3v) is 7.59. The summed E-state index contributed by atoms with van der Waals surface area (Å²) in [5, 5.41) is 0. The average Bonchev–Trinajstić information content (AvgIpc) is 3.41. The summed E-state index contributed by atoms with van der Waals surface area (Å²) in [6, 6.07) is 0. The highest BCUT2D eigenvalue weighted by molar-refractivity contribution is 5.75. The van der Waals surface area contributed by atoms with Crippen molar-refractivity contribution in [1.29, 1.82) is 0 Å². The maximum absolute atomic E-state index is 12.4. The lowest BCUT2D eigenvalue weighted by atomic mass is 9.52. The van der Waals surface area contributed by atoms with Crippen LogP contribution in [0.5, 0.6) is 0 Å². The van der Waals surface area contributed by atoms with Gasteiger partial charge in [-0.2, -0.15) is 0 Å². The van der Waals surface area contributed by atoms with Crippen molar-refractivity contribution >= 4 is 11.9 Å². The van der Waals surface area contributed by atoms with Gasteiger partial charge < -0.3 is 18.9 Å². The molecule has 6 heteroatoms. The zero-order valence-corrected chi connectivity index (χ0v) is 19.6. The minimum Gasteiger partial charge on any atom is -0.466 e. The number of hydrogen-bond acceptors (Lipinski definition) is 6. The molecule has 1 spiro atoms. The Morgan fingerprint density at radius 1 is 1.23 bits per heavy atom. The molecule has 2 heterocycles. The summed E-state index contributed by atoms with van der Waals surface area (Å²) in [6.07, 6.45) is 6.70. The summed E-state index contributed by atoms with van der Waals surface area (Å²) in [4.78, 5) is 22.2. The van der Waals surface area contributed by atoms with Crippen LogP contribution in [-0.4, -0.2) is 49.6 Å². The molecular formula is C24H38O6. The molecule has 30 heavy (non-hydrogen) atoms. The van der Waals surface area contributed by atoms with Crippen LogP contribution < -0.4 is 0 Å². The summed E-state index contributed by atoms with van der Waals surface area (Å²) in [5.41, 5.74) is 0.611. The van der Waals surface area contributed by atoms with Crippen LogP contribution in [0, 0.1) is 16.2 Å². The molecule has 2 aliphatic heterocycles. The van der Waals surface area contributed by atoms with Gasteiger partial charge in [-0.15, -0.1) is 0 Å². The zero-order chi connectivity index (χ0) is 22.4. The summed E-state index contributed by atoms with van der Waals surface area (Å²) in [6.45, 7) is 15.1. The number of epoxide rings is 1. The van der Waals surface area contributed by atoms with Gasteiger partial charge in [-0.25, -0.2) is 0 Å². The van der Waals surface area contributed by atoms with Gasteiger partial charge in [-0.3, -0.25) is 9.59 Å². The van der Waals surface area contributed by atoms with Gasteiger partial charge in [0, 0.05) is 17.8 Å². The van der Waals surface area contributed by atoms with Gasteiger partial charge in [0.15, 0.2) is 0 Å². The third kappa shape index (κ3) is 3.70. The van der Waals surface area contributed by atoms with Crippen LogP contribution >= 0.6 is 0 Å². The van der Waals surface area contributed by atoms with Gasteiger partial charge in [0.2, 0.25) is 0 Å². The first-order chi connectivity index (χ1) is 13.9. The molecule has 0 amide bonds. The fourth-order valence-electron chi connectivity index (χ4n) is 5.58. The summed E-state index contributed by atoms with van der Waals surface area (Å²) < 4.78 is 22.8. The van der Waals surface area contributed by atoms with E-state index in [1.54, 1.807) is 6.92 Å². The van der Waals surface area contributed by atoms with Gasteiger partial charge in [-0.1, -0.05) is 18.6 Å². The molecule has 2 aliphatic carbocycles. The number of carbonyl (C=O) groups excluding carboxylic acids is 2. The third-order valence-electron chi connectivity index (χ3n) is 7.59. The van der Waals surface area contributed by atoms with Crippen LogP contribution in [0.15, 0.2) is 11.6 Å². The fraction of sp³-hybridized carbons (Fsp3) is 0.833. The van der Waals surface area contributed by atoms with Crippen molar-refractivity contribution in [3.63, 3.8) is 0 Å². The summed E-state index contributed by atoms with van der Waals surface area (Å²) in [7, 11) is 0. The van der Waals surface area contributed by atoms with E-state index < -0.39 is 5.41 Å². The minimum atomic E-state index is -0.477. The molecule has 6 nitrogen and oxygen atoms in total. The fourth-order valence-corrected chi connectivity index (χ4v) is 5.58. The smallest absolute Gasteiger partial charge is 0.311 e. The van der Waals surface area contributed by atoms with Crippen molar-refractivity contribution in [3.8, 4) is 0 Å². The predicted octanol–water partition coefficient (Wildman–Crippen LogP) is 4.21. The molecular weight excluding hydrogens is 384 g/mol. The molecule has 0 aromatic heterocycles. The number of fused-ring (bicyclic) bond motifs is 2. The average molecular weight is 423 g/mol. The summed E-state index contributed by atoms with van der Waals surface area (Å²) in [5.74, 6) is -0.339. The van der Waals surface area contributed by atoms with Crippen molar-refractivity contribution in [3.05, 3.63) is 11.6 Å². The van der Waals surface area contributed by atoms with Crippen LogP contribution in [0.1, 0.15) is 74.1 Å². The first-order valence-corrected chi connectivity index (χ1v) is 11.2. The Bertz CT molecular complexity index is 716. The second-order valence-corrected chi connectivity index (χ2v) is 10.5. The van der Waals surface area contributed by atoms with E-state index in [-0.39, 0.29) is 40.6 Å². The van der Waals surface area contributed by atoms with E-state index in [0.717, 1.165) is 32.3 Å². The van der Waals surface area contributed by atoms with Gasteiger partial charge in [0.25, 0.3) is 0 Å². The Hall–Kier alpha value is -1.40. The van der Waals surface area contributed by atoms with Gasteiger partial charge >= 0.3 is 11.9 Å². The molecule has 5 atom stereocenters. The van der Waals surface area contributed by atoms with Gasteiger partial charge in [0.05, 0.1) is 30.8 Å². The molecule has 1 saturated carbocycles. The Balaban J connectivity index is 0.000000377. The minimum absolute atomic E-state index is 0.0168. The second kappa shape index (κ2) is 7.94. The summed E-state index contributed by atoms with van der Waals surface area (Å²) >= 11 is 0. The molecule has 3 unspecified atom stereocenters. The lowest BCUT2D eigenvalue weighted by Crippen LogP contribution is -2.64. The Morgan fingerprint density at radius 3 is 2.40 bits per heavy atom. The maximum Gasteiger partial charge on any atom is 0.311 e. The molecule has 4 aliphatic rings. The highest BCUT2D eigenvalue weighted by atomic mass is 16.6. The number of esters is 2. The molecule has 170 valence electrons. The lowest BCUT2D eigenvalue weighted by molar-refractivity contribution is -0.219. The number of rotatable bonds is 3. The second-order valence-electron chi connectivity index (χ2n) is 10.5. The predicted molar refractivity (Wildman–Crippen MR) is 113 cm³/mol. The van der Waals surface area contributed by atoms with Crippen LogP contribution in [0.3, 0.4) is 0 Å². The Morgan fingerprint density at radius 2 is 1.90 bits per heavy atom. The van der Waals surface area contributed by atoms with Crippen molar-refractivity contribution in [2.24, 2.45) is 16.2 Å². The molecule has 2 bridgehead atoms. The highest BCUT2D eigenvalue weighted by Gasteiger charge is 2.78. The number of ether oxygens (including phenoxy) is 4.